The maximum absolute atomic E-state index is 12.2. The van der Waals surface area contributed by atoms with Crippen LogP contribution in [0.15, 0.2) is 23.1 Å². The van der Waals surface area contributed by atoms with E-state index in [0.717, 1.165) is 12.1 Å². The van der Waals surface area contributed by atoms with E-state index in [1.807, 2.05) is 41.5 Å². The first-order chi connectivity index (χ1) is 11.6. The van der Waals surface area contributed by atoms with Crippen LogP contribution in [0.2, 0.25) is 0 Å². The van der Waals surface area contributed by atoms with Crippen molar-refractivity contribution in [3.63, 3.8) is 0 Å². The molecule has 7 nitrogen and oxygen atoms in total. The van der Waals surface area contributed by atoms with Crippen molar-refractivity contribution in [3.8, 4) is 0 Å². The molecule has 0 radical (unpaired) electrons. The van der Waals surface area contributed by atoms with Crippen LogP contribution in [0.3, 0.4) is 0 Å². The van der Waals surface area contributed by atoms with Gasteiger partial charge in [0.05, 0.1) is 24.3 Å². The second kappa shape index (κ2) is 9.52. The van der Waals surface area contributed by atoms with Crippen molar-refractivity contribution in [2.45, 2.75) is 46.4 Å². The van der Waals surface area contributed by atoms with Gasteiger partial charge in [0.25, 0.3) is 10.1 Å². The smallest absolute Gasteiger partial charge is 1.00 e. The summed E-state index contributed by atoms with van der Waals surface area (Å²) in [6.45, 7) is 11.3. The number of ether oxygens (including phenoxy) is 2. The summed E-state index contributed by atoms with van der Waals surface area (Å²) < 4.78 is 42.9. The van der Waals surface area contributed by atoms with E-state index in [-0.39, 0.29) is 66.2 Å². The van der Waals surface area contributed by atoms with Crippen molar-refractivity contribution in [2.75, 3.05) is 13.2 Å². The van der Waals surface area contributed by atoms with Crippen molar-refractivity contribution in [2.24, 2.45) is 10.8 Å². The Labute approximate surface area is 184 Å². The normalized spacial score (nSPS) is 12.1. The van der Waals surface area contributed by atoms with E-state index in [1.54, 1.807) is 0 Å². The Morgan fingerprint density at radius 2 is 1.41 bits per heavy atom. The minimum atomic E-state index is -4.74. The molecule has 0 aliphatic carbocycles. The molecule has 0 amide bonds. The number of benzene rings is 1. The summed E-state index contributed by atoms with van der Waals surface area (Å²) in [5.41, 5.74) is -1.01. The van der Waals surface area contributed by atoms with Gasteiger partial charge in [0.2, 0.25) is 0 Å². The predicted molar refractivity (Wildman–Crippen MR) is 96.8 cm³/mol. The van der Waals surface area contributed by atoms with Gasteiger partial charge in [-0.3, -0.25) is 4.55 Å². The Balaban J connectivity index is 0. The van der Waals surface area contributed by atoms with Gasteiger partial charge in [0, 0.05) is 0 Å². The fourth-order valence-corrected chi connectivity index (χ4v) is 2.46. The van der Waals surface area contributed by atoms with Crippen molar-refractivity contribution in [1.82, 2.24) is 0 Å². The number of hydrogen-bond acceptors (Lipinski definition) is 6. The first kappa shape index (κ1) is 26.1. The van der Waals surface area contributed by atoms with Crippen LogP contribution in [0.1, 0.15) is 63.7 Å². The van der Waals surface area contributed by atoms with Crippen LogP contribution in [-0.4, -0.2) is 38.1 Å². The molecule has 0 aromatic heterocycles. The van der Waals surface area contributed by atoms with Crippen LogP contribution in [0, 0.1) is 10.8 Å². The molecular weight excluding hydrogens is 383 g/mol. The average Bonchev–Trinajstić information content (AvgIpc) is 2.47. The first-order valence-electron chi connectivity index (χ1n) is 8.06. The Kier molecular flexibility index (Phi) is 9.19. The molecule has 0 spiro atoms. The summed E-state index contributed by atoms with van der Waals surface area (Å²) in [5, 5.41) is 0. The zero-order valence-electron chi connectivity index (χ0n) is 18.0. The molecule has 0 saturated carbocycles. The molecule has 0 aliphatic rings. The zero-order valence-corrected chi connectivity index (χ0v) is 19.8. The topological polar surface area (TPSA) is 107 Å². The second-order valence-corrected chi connectivity index (χ2v) is 9.85. The summed E-state index contributed by atoms with van der Waals surface area (Å²) >= 11 is 0. The van der Waals surface area contributed by atoms with Crippen LogP contribution in [0.25, 0.3) is 0 Å². The molecule has 27 heavy (non-hydrogen) atoms. The molecule has 1 aromatic rings. The van der Waals surface area contributed by atoms with Gasteiger partial charge >= 0.3 is 41.5 Å². The molecule has 9 heteroatoms. The van der Waals surface area contributed by atoms with E-state index in [4.69, 9.17) is 9.47 Å². The average molecular weight is 410 g/mol. The number of hydrogen-bond donors (Lipinski definition) is 1. The van der Waals surface area contributed by atoms with E-state index in [0.29, 0.717) is 0 Å². The minimum absolute atomic E-state index is 0. The molecular formula is C18H27NaO7S. The quantitative estimate of drug-likeness (QED) is 0.427. The molecule has 0 heterocycles. The number of carbonyl (C=O) groups excluding carboxylic acids is 2. The van der Waals surface area contributed by atoms with Gasteiger partial charge in [-0.25, -0.2) is 9.59 Å². The second-order valence-electron chi connectivity index (χ2n) is 8.46. The van der Waals surface area contributed by atoms with Gasteiger partial charge < -0.3 is 10.9 Å². The molecule has 0 atom stereocenters. The SMILES string of the molecule is CC(C)(C)COC(=O)c1ccc(C(=O)OCC(C)(C)C)c(S(=O)(=O)O)c1.[H-].[Na+]. The Hall–Kier alpha value is -0.930. The molecule has 0 bridgehead atoms. The summed E-state index contributed by atoms with van der Waals surface area (Å²) in [6, 6.07) is 3.29. The van der Waals surface area contributed by atoms with E-state index in [1.165, 1.54) is 6.07 Å². The fraction of sp³-hybridized carbons (Fsp3) is 0.556. The van der Waals surface area contributed by atoms with Crippen LogP contribution in [0.4, 0.5) is 0 Å². The molecule has 1 rings (SSSR count). The van der Waals surface area contributed by atoms with Crippen molar-refractivity contribution < 1.29 is 63.0 Å². The zero-order chi connectivity index (χ0) is 20.3. The molecule has 1 aromatic carbocycles. The largest absolute Gasteiger partial charge is 1.00 e. The van der Waals surface area contributed by atoms with Crippen LogP contribution in [0.5, 0.6) is 0 Å². The summed E-state index contributed by atoms with van der Waals surface area (Å²) in [6.07, 6.45) is 0. The van der Waals surface area contributed by atoms with Gasteiger partial charge in [-0.2, -0.15) is 8.42 Å². The number of carbonyl (C=O) groups is 2. The predicted octanol–water partition coefficient (Wildman–Crippen LogP) is 0.456. The first-order valence-corrected chi connectivity index (χ1v) is 9.50. The standard InChI is InChI=1S/C18H26O7S.Na.H/c1-17(2,3)10-24-15(19)12-7-8-13(14(9-12)26(21,22)23)16(20)25-11-18(4,5)6;;/h7-9H,10-11H2,1-6H3,(H,21,22,23);;/q;+1;-1. The van der Waals surface area contributed by atoms with E-state index in [9.17, 15) is 22.6 Å². The molecule has 0 unspecified atom stereocenters. The maximum Gasteiger partial charge on any atom is 1.00 e. The third-order valence-corrected chi connectivity index (χ3v) is 3.88. The van der Waals surface area contributed by atoms with Crippen LogP contribution in [-0.2, 0) is 19.6 Å². The van der Waals surface area contributed by atoms with Gasteiger partial charge in [0.15, 0.2) is 0 Å². The summed E-state index contributed by atoms with van der Waals surface area (Å²) in [7, 11) is -4.74. The molecule has 1 N–H and O–H groups in total. The van der Waals surface area contributed by atoms with Gasteiger partial charge in [0.1, 0.15) is 4.90 Å². The number of esters is 2. The van der Waals surface area contributed by atoms with E-state index < -0.39 is 27.0 Å². The Morgan fingerprint density at radius 3 is 1.81 bits per heavy atom. The van der Waals surface area contributed by atoms with E-state index in [2.05, 4.69) is 0 Å². The molecule has 0 saturated heterocycles. The molecule has 0 fully saturated rings. The van der Waals surface area contributed by atoms with E-state index >= 15 is 0 Å². The van der Waals surface area contributed by atoms with Crippen molar-refractivity contribution in [3.05, 3.63) is 29.3 Å². The third kappa shape index (κ3) is 9.21. The van der Waals surface area contributed by atoms with Crippen molar-refractivity contribution in [1.29, 1.82) is 0 Å². The molecule has 148 valence electrons. The fourth-order valence-electron chi connectivity index (χ4n) is 1.76. The minimum Gasteiger partial charge on any atom is -1.00 e. The van der Waals surface area contributed by atoms with Gasteiger partial charge in [-0.05, 0) is 29.0 Å². The van der Waals surface area contributed by atoms with Crippen LogP contribution >= 0.6 is 0 Å². The molecule has 0 aliphatic heterocycles. The number of rotatable bonds is 5. The Bertz CT molecular complexity index is 793. The van der Waals surface area contributed by atoms with Gasteiger partial charge in [-0.15, -0.1) is 0 Å². The van der Waals surface area contributed by atoms with Crippen molar-refractivity contribution >= 4 is 22.1 Å². The monoisotopic (exact) mass is 410 g/mol. The summed E-state index contributed by atoms with van der Waals surface area (Å²) in [4.78, 5) is 23.6. The van der Waals surface area contributed by atoms with Crippen LogP contribution < -0.4 is 29.6 Å². The Morgan fingerprint density at radius 1 is 0.963 bits per heavy atom. The third-order valence-electron chi connectivity index (χ3n) is 2.99. The summed E-state index contributed by atoms with van der Waals surface area (Å²) in [5.74, 6) is -1.65. The maximum atomic E-state index is 12.2. The van der Waals surface area contributed by atoms with Gasteiger partial charge in [-0.1, -0.05) is 41.5 Å².